The maximum Gasteiger partial charge on any atom is 0.349 e. The molecular formula is C81H89Cl3FN15O26. The van der Waals surface area contributed by atoms with Gasteiger partial charge in [-0.1, -0.05) is 72.9 Å². The van der Waals surface area contributed by atoms with E-state index in [9.17, 15) is 79.1 Å². The normalized spacial score (nSPS) is 25.8. The van der Waals surface area contributed by atoms with Crippen LogP contribution in [-0.4, -0.2) is 214 Å². The lowest BCUT2D eigenvalue weighted by Crippen LogP contribution is -2.65. The van der Waals surface area contributed by atoms with Gasteiger partial charge in [0.15, 0.2) is 23.9 Å². The number of nitrogens with zero attached hydrogens (tertiary/aromatic N) is 2. The van der Waals surface area contributed by atoms with Crippen molar-refractivity contribution in [2.75, 3.05) is 25.5 Å². The van der Waals surface area contributed by atoms with Crippen LogP contribution < -0.4 is 90.1 Å². The van der Waals surface area contributed by atoms with E-state index >= 15 is 24.0 Å². The molecule has 2 saturated heterocycles. The van der Waals surface area contributed by atoms with Crippen molar-refractivity contribution >= 4 is 99.8 Å². The Hall–Kier alpha value is -12.1. The molecule has 672 valence electrons. The number of nitrogens with one attached hydrogen (secondary N) is 11. The number of ether oxygens (including phenoxy) is 6. The number of anilines is 1. The number of phenolic OH excluding ortho intramolecular Hbond substituents is 3. The van der Waals surface area contributed by atoms with Crippen LogP contribution in [0, 0.1) is 11.7 Å². The molecule has 7 aliphatic rings. The smallest absolute Gasteiger partial charge is 0.349 e. The standard InChI is InChI=1S/C81H89Cl3FN15O26/c1-31(2)18-45(88-5)71(112)96-62-64(107)35-8-12-49(42(83)22-35)122-51-24-37-25-52(68(51)126-78-69(67(110)66(109)53(30-101)124-78)125-57-29-81(4,70(111)32(3)121-57)89-15-17-100-16-14-55(92-80(100)120)91-56(106)20-33-6-10-44(85)41(82)19-33)123-50-13-9-36(23-43(50)84)65(108)63-76(117)95-61(77(118)98-99-79(87)119)40-26-38(102)27-48(104)58(40)39-21-34(7-11-47(39)103)59(73(114)97-63)94-74(115)60(37)93-72(113)46(28-54(86)105)90-75(62)116/h6-14,16,19,21-27,31-32,45-46,53,57,59-67,69-70,78,88-89,101-104,107-111H,15,17-18,20,28-30H2,1-5H3,(H2,86,105)(H,90,116)(H,93,113)(H,94,115)(H,95,117)(H,96,112)(H,97,114)(H,98,118)(H3,87,99,119)(H,91,92,106,120). The Morgan fingerprint density at radius 1 is 0.706 bits per heavy atom. The molecule has 0 radical (unpaired) electrons. The van der Waals surface area contributed by atoms with Crippen LogP contribution in [0.3, 0.4) is 0 Å². The number of amides is 11. The van der Waals surface area contributed by atoms with Gasteiger partial charge < -0.3 is 134 Å². The zero-order valence-electron chi connectivity index (χ0n) is 67.3. The summed E-state index contributed by atoms with van der Waals surface area (Å²) in [6.45, 7) is 5.44. The van der Waals surface area contributed by atoms with Gasteiger partial charge in [-0.2, -0.15) is 4.98 Å². The van der Waals surface area contributed by atoms with Gasteiger partial charge in [0.05, 0.1) is 52.8 Å². The van der Waals surface area contributed by atoms with Crippen LogP contribution in [0.2, 0.25) is 15.1 Å². The van der Waals surface area contributed by atoms with Gasteiger partial charge in [0.2, 0.25) is 59.3 Å². The number of carbonyl (C=O) groups is 10. The molecule has 24 N–H and O–H groups in total. The lowest BCUT2D eigenvalue weighted by molar-refractivity contribution is -0.334. The van der Waals surface area contributed by atoms with Crippen molar-refractivity contribution in [2.45, 2.75) is 169 Å². The number of rotatable bonds is 20. The van der Waals surface area contributed by atoms with E-state index < -0.39 is 277 Å². The van der Waals surface area contributed by atoms with E-state index in [1.54, 1.807) is 20.8 Å². The lowest BCUT2D eigenvalue weighted by Gasteiger charge is -2.48. The average molecular weight is 1810 g/mol. The van der Waals surface area contributed by atoms with Crippen LogP contribution in [0.4, 0.5) is 15.0 Å². The van der Waals surface area contributed by atoms with Crippen molar-refractivity contribution in [1.82, 2.24) is 62.9 Å². The number of hydrogen-bond acceptors (Lipinski definition) is 29. The molecule has 7 aromatic rings. The number of nitrogens with two attached hydrogens (primary N) is 2. The number of aliphatic hydroxyl groups is 6. The second-order valence-corrected chi connectivity index (χ2v) is 32.2. The van der Waals surface area contributed by atoms with Gasteiger partial charge in [-0.05, 0) is 139 Å². The fraction of sp³-hybridized carbons (Fsp3) is 0.383. The summed E-state index contributed by atoms with van der Waals surface area (Å²) in [5, 5.41) is 129. The number of urea groups is 1. The minimum absolute atomic E-state index is 0.0690. The molecule has 41 nitrogen and oxygen atoms in total. The molecule has 2 fully saturated rings. The predicted molar refractivity (Wildman–Crippen MR) is 439 cm³/mol. The van der Waals surface area contributed by atoms with E-state index in [1.165, 1.54) is 49.0 Å². The van der Waals surface area contributed by atoms with Crippen molar-refractivity contribution in [3.05, 3.63) is 174 Å². The molecule has 11 amide bonds. The first-order chi connectivity index (χ1) is 59.7. The van der Waals surface area contributed by atoms with Gasteiger partial charge in [-0.25, -0.2) is 19.4 Å². The van der Waals surface area contributed by atoms with Gasteiger partial charge in [0, 0.05) is 48.4 Å². The predicted octanol–water partition coefficient (Wildman–Crippen LogP) is 0.583. The number of benzene rings is 6. The quantitative estimate of drug-likeness (QED) is 0.0464. The average Bonchev–Trinajstić information content (AvgIpc) is 0.764. The van der Waals surface area contributed by atoms with E-state index in [-0.39, 0.29) is 60.2 Å². The van der Waals surface area contributed by atoms with Crippen LogP contribution in [0.5, 0.6) is 46.0 Å². The Kier molecular flexibility index (Phi) is 28.9. The number of aliphatic hydroxyl groups excluding tert-OH is 6. The maximum atomic E-state index is 16.3. The van der Waals surface area contributed by atoms with Crippen LogP contribution >= 0.6 is 34.8 Å². The Balaban J connectivity index is 1.000. The minimum Gasteiger partial charge on any atom is -0.508 e. The third-order valence-electron chi connectivity index (χ3n) is 21.4. The van der Waals surface area contributed by atoms with Crippen LogP contribution in [0.15, 0.2) is 114 Å². The molecule has 126 heavy (non-hydrogen) atoms. The molecule has 11 bridgehead atoms. The van der Waals surface area contributed by atoms with Crippen molar-refractivity contribution in [2.24, 2.45) is 17.4 Å². The molecule has 14 rings (SSSR count). The molecule has 7 aliphatic heterocycles. The highest BCUT2D eigenvalue weighted by Crippen LogP contribution is 2.50. The number of fused-ring (bicyclic) bond motifs is 15. The zero-order valence-corrected chi connectivity index (χ0v) is 69.5. The first-order valence-corrected chi connectivity index (χ1v) is 40.2. The number of likely N-dealkylation sites (N-methyl/N-ethyl adjacent to an activating group) is 1. The molecule has 18 atom stereocenters. The lowest BCUT2D eigenvalue weighted by atomic mass is 9.85. The second kappa shape index (κ2) is 39.2. The van der Waals surface area contributed by atoms with E-state index in [0.717, 1.165) is 78.9 Å². The highest BCUT2D eigenvalue weighted by molar-refractivity contribution is 6.32. The Morgan fingerprint density at radius 2 is 1.36 bits per heavy atom. The topological polar surface area (TPSA) is 627 Å². The second-order valence-electron chi connectivity index (χ2n) is 31.0. The number of aromatic nitrogens is 2. The fourth-order valence-electron chi connectivity index (χ4n) is 15.0. The number of hydrogen-bond donors (Lipinski definition) is 22. The van der Waals surface area contributed by atoms with Gasteiger partial charge >= 0.3 is 11.7 Å². The van der Waals surface area contributed by atoms with Crippen molar-refractivity contribution < 1.29 is 127 Å². The fourth-order valence-corrected chi connectivity index (χ4v) is 15.7. The Bertz CT molecular complexity index is 5470. The first-order valence-electron chi connectivity index (χ1n) is 39.1. The van der Waals surface area contributed by atoms with Crippen LogP contribution in [0.1, 0.15) is 111 Å². The van der Waals surface area contributed by atoms with E-state index in [0.29, 0.717) is 5.56 Å². The number of primary amides is 2. The summed E-state index contributed by atoms with van der Waals surface area (Å²) in [6, 6.07) is 2.42. The van der Waals surface area contributed by atoms with Crippen LogP contribution in [-0.2, 0) is 70.3 Å². The van der Waals surface area contributed by atoms with Gasteiger partial charge in [0.1, 0.15) is 107 Å². The van der Waals surface area contributed by atoms with E-state index in [2.05, 4.69) is 52.8 Å². The summed E-state index contributed by atoms with van der Waals surface area (Å²) in [6.07, 6.45) is -18.7. The number of aromatic hydroxyl groups is 3. The van der Waals surface area contributed by atoms with Gasteiger partial charge in [0.25, 0.3) is 5.91 Å². The highest BCUT2D eigenvalue weighted by atomic mass is 35.5. The van der Waals surface area contributed by atoms with E-state index in [4.69, 9.17) is 74.7 Å². The molecule has 8 heterocycles. The van der Waals surface area contributed by atoms with Crippen molar-refractivity contribution in [3.8, 4) is 57.1 Å². The summed E-state index contributed by atoms with van der Waals surface area (Å²) >= 11 is 20.2. The summed E-state index contributed by atoms with van der Waals surface area (Å²) in [5.74, 6) is -17.7. The highest BCUT2D eigenvalue weighted by Gasteiger charge is 2.52. The van der Waals surface area contributed by atoms with Gasteiger partial charge in [-0.3, -0.25) is 53.1 Å². The third-order valence-corrected chi connectivity index (χ3v) is 22.3. The SMILES string of the molecule is CNC(CC(C)C)C(=O)NC1C(=O)NC(CC(N)=O)C(=O)NC2C(=O)NC3C(=O)NC(C(=O)NC(C(=O)NNC(N)=O)c4cc(O)cc(O)c4-c4cc3ccc4O)C(O)c3ccc(c(Cl)c3)Oc3cc2cc(c3OC2OC(CO)C(O)C(O)C2OC2CC(C)(NCCn3ccc(NC(=O)Cc4ccc(F)c(Cl)c4)nc3=O)C(O)C(C)O2)Oc2ccc(cc2Cl)C1O. The molecule has 18 unspecified atom stereocenters. The van der Waals surface area contributed by atoms with E-state index in [1.807, 2.05) is 10.9 Å². The Labute approximate surface area is 729 Å². The van der Waals surface area contributed by atoms with Gasteiger partial charge in [-0.15, -0.1) is 0 Å². The minimum atomic E-state index is -2.42. The molecule has 6 aromatic carbocycles. The van der Waals surface area contributed by atoms with Crippen molar-refractivity contribution in [1.29, 1.82) is 0 Å². The molecule has 45 heteroatoms. The molecule has 1 aromatic heterocycles. The molecular weight excluding hydrogens is 1720 g/mol. The number of phenols is 3. The number of hydrazine groups is 1. The summed E-state index contributed by atoms with van der Waals surface area (Å²) < 4.78 is 54.3. The maximum absolute atomic E-state index is 16.3. The summed E-state index contributed by atoms with van der Waals surface area (Å²) in [5.41, 5.74) is 9.93. The molecule has 0 spiro atoms. The molecule has 0 aliphatic carbocycles. The van der Waals surface area contributed by atoms with Crippen molar-refractivity contribution in [3.63, 3.8) is 0 Å². The monoisotopic (exact) mass is 1810 g/mol. The number of halogens is 4. The number of carbonyl (C=O) groups excluding carboxylic acids is 10. The molecule has 0 saturated carbocycles. The first kappa shape index (κ1) is 93.0. The Morgan fingerprint density at radius 3 is 1.98 bits per heavy atom. The third kappa shape index (κ3) is 21.0. The van der Waals surface area contributed by atoms with Crippen LogP contribution in [0.25, 0.3) is 11.1 Å². The zero-order chi connectivity index (χ0) is 91.4. The largest absolute Gasteiger partial charge is 0.508 e. The summed E-state index contributed by atoms with van der Waals surface area (Å²) in [7, 11) is 1.46. The summed E-state index contributed by atoms with van der Waals surface area (Å²) in [4.78, 5) is 162.